The summed E-state index contributed by atoms with van der Waals surface area (Å²) in [6.07, 6.45) is 8.98. The Labute approximate surface area is 235 Å². The van der Waals surface area contributed by atoms with E-state index in [1.165, 1.54) is 14.2 Å². The Bertz CT molecular complexity index is 1320. The molecule has 2 aromatic heterocycles. The molecule has 5 rings (SSSR count). The standard InChI is InChI=1S/C30H39FN6O3/c1-6-30(3)13-7-8-18(2)14-23(26(30)31)37(20-10-11-20)25-17-32-27(36-35-25)21-12-9-19(15-24(21)38)22-16-33-28(39-4)29(34-22)40-5/h9,12,15-18,20,23,26,38H,6-8,10-11,13-14H2,1-5H3/t18?,23-,26-,30+/m0/s1. The van der Waals surface area contributed by atoms with E-state index in [1.54, 1.807) is 30.6 Å². The Kier molecular flexibility index (Phi) is 8.05. The van der Waals surface area contributed by atoms with Crippen molar-refractivity contribution in [3.8, 4) is 40.2 Å². The molecule has 4 atom stereocenters. The van der Waals surface area contributed by atoms with Crippen LogP contribution in [0.5, 0.6) is 17.5 Å². The highest BCUT2D eigenvalue weighted by Gasteiger charge is 2.46. The van der Waals surface area contributed by atoms with Crippen LogP contribution in [0.2, 0.25) is 0 Å². The van der Waals surface area contributed by atoms with Crippen LogP contribution in [0.15, 0.2) is 30.6 Å². The number of aromatic nitrogens is 5. The van der Waals surface area contributed by atoms with Crippen LogP contribution >= 0.6 is 0 Å². The van der Waals surface area contributed by atoms with Crippen molar-refractivity contribution in [2.75, 3.05) is 19.1 Å². The van der Waals surface area contributed by atoms with Crippen LogP contribution in [0, 0.1) is 11.3 Å². The van der Waals surface area contributed by atoms with E-state index in [9.17, 15) is 5.11 Å². The summed E-state index contributed by atoms with van der Waals surface area (Å²) in [6.45, 7) is 6.42. The zero-order chi connectivity index (χ0) is 28.4. The molecule has 0 radical (unpaired) electrons. The number of halogens is 1. The Morgan fingerprint density at radius 2 is 1.85 bits per heavy atom. The van der Waals surface area contributed by atoms with Crippen molar-refractivity contribution >= 4 is 5.82 Å². The molecule has 2 aliphatic carbocycles. The number of hydrogen-bond donors (Lipinski definition) is 1. The Morgan fingerprint density at radius 3 is 2.48 bits per heavy atom. The van der Waals surface area contributed by atoms with Crippen molar-refractivity contribution in [3.63, 3.8) is 0 Å². The second-order valence-corrected chi connectivity index (χ2v) is 11.5. The maximum absolute atomic E-state index is 16.3. The number of alkyl halides is 1. The van der Waals surface area contributed by atoms with Gasteiger partial charge in [-0.25, -0.2) is 19.3 Å². The molecule has 1 aromatic carbocycles. The lowest BCUT2D eigenvalue weighted by Gasteiger charge is -2.45. The molecule has 40 heavy (non-hydrogen) atoms. The van der Waals surface area contributed by atoms with Crippen LogP contribution in [-0.2, 0) is 0 Å². The van der Waals surface area contributed by atoms with Crippen LogP contribution < -0.4 is 14.4 Å². The normalized spacial score (nSPS) is 25.1. The number of nitrogens with zero attached hydrogens (tertiary/aromatic N) is 6. The second-order valence-electron chi connectivity index (χ2n) is 11.5. The minimum Gasteiger partial charge on any atom is -0.507 e. The minimum absolute atomic E-state index is 0.0148. The number of rotatable bonds is 8. The lowest BCUT2D eigenvalue weighted by Crippen LogP contribution is -2.51. The van der Waals surface area contributed by atoms with Gasteiger partial charge in [0.15, 0.2) is 11.6 Å². The zero-order valence-corrected chi connectivity index (χ0v) is 24.0. The van der Waals surface area contributed by atoms with Gasteiger partial charge in [0.25, 0.3) is 11.8 Å². The SMILES string of the molecule is CC[C@]1(C)CCCC(C)C[C@H](N(c2cnc(-c3ccc(-c4cnc(OC)c(OC)n4)cc3O)nn2)C2CC2)[C@@H]1F. The van der Waals surface area contributed by atoms with Crippen molar-refractivity contribution in [1.29, 1.82) is 0 Å². The highest BCUT2D eigenvalue weighted by molar-refractivity contribution is 5.71. The van der Waals surface area contributed by atoms with Gasteiger partial charge in [-0.2, -0.15) is 0 Å². The van der Waals surface area contributed by atoms with Crippen LogP contribution in [0.25, 0.3) is 22.6 Å². The highest BCUT2D eigenvalue weighted by Crippen LogP contribution is 2.45. The minimum atomic E-state index is -0.960. The van der Waals surface area contributed by atoms with Gasteiger partial charge < -0.3 is 19.5 Å². The van der Waals surface area contributed by atoms with E-state index in [0.717, 1.165) is 44.9 Å². The number of methoxy groups -OCH3 is 2. The fourth-order valence-corrected chi connectivity index (χ4v) is 5.88. The number of ether oxygens (including phenoxy) is 2. The van der Waals surface area contributed by atoms with Crippen LogP contribution in [0.3, 0.4) is 0 Å². The molecule has 2 saturated carbocycles. The number of benzene rings is 1. The molecular formula is C30H39FN6O3. The third-order valence-electron chi connectivity index (χ3n) is 8.64. The summed E-state index contributed by atoms with van der Waals surface area (Å²) in [6, 6.07) is 5.10. The van der Waals surface area contributed by atoms with Crippen LogP contribution in [0.1, 0.15) is 65.7 Å². The van der Waals surface area contributed by atoms with Crippen molar-refractivity contribution in [2.24, 2.45) is 11.3 Å². The van der Waals surface area contributed by atoms with Crippen molar-refractivity contribution in [1.82, 2.24) is 25.1 Å². The predicted molar refractivity (Wildman–Crippen MR) is 151 cm³/mol. The van der Waals surface area contributed by atoms with Gasteiger partial charge in [0.05, 0.1) is 43.9 Å². The summed E-state index contributed by atoms with van der Waals surface area (Å²) in [5.41, 5.74) is 1.24. The molecule has 0 spiro atoms. The smallest absolute Gasteiger partial charge is 0.278 e. The van der Waals surface area contributed by atoms with Gasteiger partial charge >= 0.3 is 0 Å². The largest absolute Gasteiger partial charge is 0.507 e. The van der Waals surface area contributed by atoms with Crippen molar-refractivity contribution in [2.45, 2.75) is 84.0 Å². The predicted octanol–water partition coefficient (Wildman–Crippen LogP) is 6.02. The molecule has 9 nitrogen and oxygen atoms in total. The summed E-state index contributed by atoms with van der Waals surface area (Å²) in [4.78, 5) is 15.4. The van der Waals surface area contributed by atoms with E-state index in [1.807, 2.05) is 0 Å². The number of hydrogen-bond acceptors (Lipinski definition) is 9. The summed E-state index contributed by atoms with van der Waals surface area (Å²) in [7, 11) is 2.98. The van der Waals surface area contributed by atoms with E-state index in [2.05, 4.69) is 50.8 Å². The monoisotopic (exact) mass is 550 g/mol. The first-order valence-electron chi connectivity index (χ1n) is 14.2. The topological polar surface area (TPSA) is 106 Å². The first kappa shape index (κ1) is 28.0. The third-order valence-corrected chi connectivity index (χ3v) is 8.64. The average Bonchev–Trinajstić information content (AvgIpc) is 3.81. The molecule has 1 N–H and O–H groups in total. The van der Waals surface area contributed by atoms with E-state index in [-0.39, 0.29) is 35.0 Å². The number of aromatic hydroxyl groups is 1. The lowest BCUT2D eigenvalue weighted by molar-refractivity contribution is 0.0577. The Morgan fingerprint density at radius 1 is 1.07 bits per heavy atom. The molecule has 2 fully saturated rings. The van der Waals surface area contributed by atoms with Gasteiger partial charge in [0.2, 0.25) is 0 Å². The Hall–Kier alpha value is -3.56. The van der Waals surface area contributed by atoms with E-state index < -0.39 is 6.17 Å². The second kappa shape index (κ2) is 11.5. The van der Waals surface area contributed by atoms with Gasteiger partial charge in [-0.3, -0.25) is 0 Å². The quantitative estimate of drug-likeness (QED) is 0.360. The molecular weight excluding hydrogens is 511 g/mol. The van der Waals surface area contributed by atoms with Gasteiger partial charge in [-0.05, 0) is 50.2 Å². The summed E-state index contributed by atoms with van der Waals surface area (Å²) in [5, 5.41) is 19.8. The number of anilines is 1. The van der Waals surface area contributed by atoms with E-state index >= 15 is 4.39 Å². The van der Waals surface area contributed by atoms with Crippen molar-refractivity contribution in [3.05, 3.63) is 30.6 Å². The number of phenolic OH excluding ortho intramolecular Hbond substituents is 1. The van der Waals surface area contributed by atoms with E-state index in [4.69, 9.17) is 9.47 Å². The molecule has 214 valence electrons. The van der Waals surface area contributed by atoms with Gasteiger partial charge in [0, 0.05) is 17.0 Å². The first-order valence-corrected chi connectivity index (χ1v) is 14.2. The molecule has 3 aromatic rings. The van der Waals surface area contributed by atoms with Crippen LogP contribution in [0.4, 0.5) is 10.2 Å². The summed E-state index contributed by atoms with van der Waals surface area (Å²) < 4.78 is 26.7. The Balaban J connectivity index is 1.42. The molecule has 2 aliphatic rings. The first-order chi connectivity index (χ1) is 19.3. The molecule has 10 heteroatoms. The highest BCUT2D eigenvalue weighted by atomic mass is 19.1. The lowest BCUT2D eigenvalue weighted by atomic mass is 9.71. The zero-order valence-electron chi connectivity index (χ0n) is 24.0. The van der Waals surface area contributed by atoms with Gasteiger partial charge in [-0.1, -0.05) is 39.7 Å². The number of phenols is 1. The molecule has 2 heterocycles. The van der Waals surface area contributed by atoms with Gasteiger partial charge in [0.1, 0.15) is 11.9 Å². The molecule has 0 bridgehead atoms. The van der Waals surface area contributed by atoms with Crippen LogP contribution in [-0.4, -0.2) is 62.7 Å². The maximum atomic E-state index is 16.3. The maximum Gasteiger partial charge on any atom is 0.278 e. The molecule has 0 aliphatic heterocycles. The summed E-state index contributed by atoms with van der Waals surface area (Å²) >= 11 is 0. The molecule has 1 unspecified atom stereocenters. The fraction of sp³-hybridized carbons (Fsp3) is 0.567. The average molecular weight is 551 g/mol. The van der Waals surface area contributed by atoms with Crippen molar-refractivity contribution < 1.29 is 19.0 Å². The van der Waals surface area contributed by atoms with E-state index in [0.29, 0.717) is 34.4 Å². The van der Waals surface area contributed by atoms with Gasteiger partial charge in [-0.15, -0.1) is 10.2 Å². The molecule has 0 saturated heterocycles. The summed E-state index contributed by atoms with van der Waals surface area (Å²) in [5.74, 6) is 1.85. The fourth-order valence-electron chi connectivity index (χ4n) is 5.88. The third kappa shape index (κ3) is 5.53. The molecule has 0 amide bonds.